The fourth-order valence-corrected chi connectivity index (χ4v) is 12.6. The highest BCUT2D eigenvalue weighted by atomic mass is 16.5. The van der Waals surface area contributed by atoms with E-state index in [2.05, 4.69) is 67.8 Å². The highest BCUT2D eigenvalue weighted by Gasteiger charge is 2.18. The van der Waals surface area contributed by atoms with Crippen molar-refractivity contribution in [1.82, 2.24) is 5.32 Å². The molecule has 2 atom stereocenters. The van der Waals surface area contributed by atoms with E-state index in [0.717, 1.165) is 57.8 Å². The Morgan fingerprint density at radius 3 is 0.867 bits per heavy atom. The molecule has 0 aliphatic carbocycles. The topological polar surface area (TPSA) is 95.9 Å². The molecule has 0 aliphatic heterocycles. The number of hydrogen-bond donors (Lipinski definition) is 3. The standard InChI is InChI=1S/C84H157NO5/c1-3-5-7-9-11-13-15-17-19-21-41-46-50-54-58-62-66-70-74-78-84(89)90-79-75-71-67-63-59-55-51-47-43-40-38-36-34-32-30-28-26-24-22-23-25-27-29-31-33-35-37-39-42-45-49-53-57-61-65-69-73-77-83(88)85-81(80-86)82(87)76-72-68-64-60-56-52-48-44-20-18-16-14-12-10-8-6-4-2/h11,13,17,19,22,24,28,30,72,76,81-82,86-87H,3-10,12,14-16,18,20-21,23,25-27,29,31-71,73-75,77-80H2,1-2H3,(H,85,88)/b13-11-,19-17-,24-22-,30-28-,76-72+. The van der Waals surface area contributed by atoms with Gasteiger partial charge in [-0.25, -0.2) is 0 Å². The second-order valence-electron chi connectivity index (χ2n) is 27.7. The highest BCUT2D eigenvalue weighted by molar-refractivity contribution is 5.76. The number of hydrogen-bond acceptors (Lipinski definition) is 5. The van der Waals surface area contributed by atoms with E-state index in [1.807, 2.05) is 6.08 Å². The number of ether oxygens (including phenoxy) is 1. The van der Waals surface area contributed by atoms with Crippen LogP contribution in [-0.2, 0) is 14.3 Å². The average Bonchev–Trinajstić information content (AvgIpc) is 3.60. The molecule has 6 heteroatoms. The van der Waals surface area contributed by atoms with Gasteiger partial charge in [-0.1, -0.05) is 389 Å². The molecular formula is C84H157NO5. The van der Waals surface area contributed by atoms with Gasteiger partial charge in [-0.15, -0.1) is 0 Å². The number of carbonyl (C=O) groups excluding carboxylic acids is 2. The van der Waals surface area contributed by atoms with E-state index < -0.39 is 12.1 Å². The van der Waals surface area contributed by atoms with Gasteiger partial charge in [-0.05, 0) is 96.3 Å². The van der Waals surface area contributed by atoms with Crippen molar-refractivity contribution in [3.8, 4) is 0 Å². The van der Waals surface area contributed by atoms with Crippen LogP contribution in [0, 0.1) is 0 Å². The largest absolute Gasteiger partial charge is 0.466 e. The fraction of sp³-hybridized carbons (Fsp3) is 0.857. The molecule has 1 amide bonds. The molecule has 0 fully saturated rings. The summed E-state index contributed by atoms with van der Waals surface area (Å²) in [7, 11) is 0. The van der Waals surface area contributed by atoms with Gasteiger partial charge in [0.15, 0.2) is 0 Å². The van der Waals surface area contributed by atoms with Gasteiger partial charge >= 0.3 is 5.97 Å². The Balaban J connectivity index is 3.37. The maximum Gasteiger partial charge on any atom is 0.305 e. The summed E-state index contributed by atoms with van der Waals surface area (Å²) < 4.78 is 5.51. The average molecular weight is 1260 g/mol. The van der Waals surface area contributed by atoms with Crippen molar-refractivity contribution >= 4 is 11.9 Å². The molecule has 6 nitrogen and oxygen atoms in total. The number of esters is 1. The van der Waals surface area contributed by atoms with Crippen molar-refractivity contribution in [2.75, 3.05) is 13.2 Å². The third kappa shape index (κ3) is 74.6. The molecule has 0 aliphatic rings. The van der Waals surface area contributed by atoms with E-state index in [1.54, 1.807) is 6.08 Å². The van der Waals surface area contributed by atoms with Gasteiger partial charge in [0.25, 0.3) is 0 Å². The number of allylic oxidation sites excluding steroid dienone is 9. The summed E-state index contributed by atoms with van der Waals surface area (Å²) in [4.78, 5) is 24.6. The van der Waals surface area contributed by atoms with Crippen LogP contribution in [0.4, 0.5) is 0 Å². The van der Waals surface area contributed by atoms with Crippen LogP contribution in [0.25, 0.3) is 0 Å². The summed E-state index contributed by atoms with van der Waals surface area (Å²) in [6.07, 6.45) is 106. The summed E-state index contributed by atoms with van der Waals surface area (Å²) in [5.41, 5.74) is 0. The first kappa shape index (κ1) is 87.6. The summed E-state index contributed by atoms with van der Waals surface area (Å²) >= 11 is 0. The monoisotopic (exact) mass is 1260 g/mol. The summed E-state index contributed by atoms with van der Waals surface area (Å²) in [5, 5.41) is 23.2. The first-order valence-corrected chi connectivity index (χ1v) is 40.6. The van der Waals surface area contributed by atoms with Gasteiger partial charge in [0, 0.05) is 12.8 Å². The number of rotatable bonds is 76. The normalized spacial score (nSPS) is 12.8. The minimum atomic E-state index is -0.844. The Labute approximate surface area is 562 Å². The Kier molecular flexibility index (Phi) is 76.9. The van der Waals surface area contributed by atoms with E-state index in [9.17, 15) is 19.8 Å². The van der Waals surface area contributed by atoms with Gasteiger partial charge in [-0.2, -0.15) is 0 Å². The zero-order valence-electron chi connectivity index (χ0n) is 60.6. The number of aliphatic hydroxyl groups excluding tert-OH is 2. The predicted octanol–water partition coefficient (Wildman–Crippen LogP) is 26.9. The van der Waals surface area contributed by atoms with Crippen LogP contribution in [-0.4, -0.2) is 47.4 Å². The van der Waals surface area contributed by atoms with E-state index in [0.29, 0.717) is 19.4 Å². The van der Waals surface area contributed by atoms with Crippen LogP contribution in [0.5, 0.6) is 0 Å². The minimum absolute atomic E-state index is 0.0151. The molecule has 0 aromatic carbocycles. The molecule has 0 aromatic rings. The zero-order chi connectivity index (χ0) is 64.9. The van der Waals surface area contributed by atoms with Crippen LogP contribution >= 0.6 is 0 Å². The van der Waals surface area contributed by atoms with E-state index in [-0.39, 0.29) is 18.5 Å². The molecule has 528 valence electrons. The van der Waals surface area contributed by atoms with Gasteiger partial charge in [0.05, 0.1) is 25.4 Å². The van der Waals surface area contributed by atoms with Crippen LogP contribution in [0.1, 0.15) is 438 Å². The smallest absolute Gasteiger partial charge is 0.305 e. The lowest BCUT2D eigenvalue weighted by Crippen LogP contribution is -2.45. The zero-order valence-corrected chi connectivity index (χ0v) is 60.6. The highest BCUT2D eigenvalue weighted by Crippen LogP contribution is 2.19. The Morgan fingerprint density at radius 2 is 0.556 bits per heavy atom. The number of aliphatic hydroxyl groups is 2. The number of carbonyl (C=O) groups is 2. The molecule has 0 saturated carbocycles. The molecule has 0 spiro atoms. The molecular weight excluding hydrogens is 1100 g/mol. The second-order valence-corrected chi connectivity index (χ2v) is 27.7. The Hall–Kier alpha value is -2.44. The maximum absolute atomic E-state index is 12.5. The molecule has 0 bridgehead atoms. The summed E-state index contributed by atoms with van der Waals surface area (Å²) in [6.45, 7) is 4.92. The molecule has 0 aromatic heterocycles. The van der Waals surface area contributed by atoms with Crippen molar-refractivity contribution in [1.29, 1.82) is 0 Å². The molecule has 0 radical (unpaired) electrons. The Morgan fingerprint density at radius 1 is 0.311 bits per heavy atom. The van der Waals surface area contributed by atoms with Gasteiger partial charge in [0.1, 0.15) is 0 Å². The number of amides is 1. The van der Waals surface area contributed by atoms with Crippen LogP contribution in [0.3, 0.4) is 0 Å². The first-order valence-electron chi connectivity index (χ1n) is 40.6. The fourth-order valence-electron chi connectivity index (χ4n) is 12.6. The van der Waals surface area contributed by atoms with E-state index >= 15 is 0 Å². The van der Waals surface area contributed by atoms with Crippen molar-refractivity contribution in [2.24, 2.45) is 0 Å². The summed E-state index contributed by atoms with van der Waals surface area (Å²) in [5.74, 6) is -0.0473. The number of unbranched alkanes of at least 4 members (excludes halogenated alkanes) is 57. The Bertz CT molecular complexity index is 1550. The van der Waals surface area contributed by atoms with Gasteiger partial charge in [-0.3, -0.25) is 9.59 Å². The van der Waals surface area contributed by atoms with E-state index in [4.69, 9.17) is 4.74 Å². The lowest BCUT2D eigenvalue weighted by Gasteiger charge is -2.20. The van der Waals surface area contributed by atoms with Crippen molar-refractivity contribution in [3.63, 3.8) is 0 Å². The molecule has 2 unspecified atom stereocenters. The quantitative estimate of drug-likeness (QED) is 0.0320. The van der Waals surface area contributed by atoms with Crippen molar-refractivity contribution < 1.29 is 24.5 Å². The molecule has 0 heterocycles. The van der Waals surface area contributed by atoms with Crippen molar-refractivity contribution in [3.05, 3.63) is 60.8 Å². The van der Waals surface area contributed by atoms with Gasteiger partial charge in [0.2, 0.25) is 5.91 Å². The molecule has 3 N–H and O–H groups in total. The molecule has 0 rings (SSSR count). The summed E-state index contributed by atoms with van der Waals surface area (Å²) in [6, 6.07) is -0.627. The first-order chi connectivity index (χ1) is 44.5. The van der Waals surface area contributed by atoms with Crippen LogP contribution in [0.15, 0.2) is 60.8 Å². The molecule has 90 heavy (non-hydrogen) atoms. The lowest BCUT2D eigenvalue weighted by atomic mass is 10.0. The third-order valence-electron chi connectivity index (χ3n) is 18.8. The lowest BCUT2D eigenvalue weighted by molar-refractivity contribution is -0.143. The minimum Gasteiger partial charge on any atom is -0.466 e. The van der Waals surface area contributed by atoms with Crippen LogP contribution < -0.4 is 5.32 Å². The molecule has 0 saturated heterocycles. The third-order valence-corrected chi connectivity index (χ3v) is 18.8. The second kappa shape index (κ2) is 79.0. The van der Waals surface area contributed by atoms with Crippen molar-refractivity contribution in [2.45, 2.75) is 450 Å². The SMILES string of the molecule is CCCCC/C=C\C/C=C\CCCCCCCCCCCC(=O)OCCCCCCCCCCCCCCC/C=C\C/C=C\CCCCCCCCCCCCCCCCCCCC(=O)NC(CO)C(O)/C=C/CCCCCCCCCCCCCCCCC. The number of nitrogens with one attached hydrogen (secondary N) is 1. The predicted molar refractivity (Wildman–Crippen MR) is 398 cm³/mol. The van der Waals surface area contributed by atoms with Crippen LogP contribution in [0.2, 0.25) is 0 Å². The van der Waals surface area contributed by atoms with Gasteiger partial charge < -0.3 is 20.3 Å². The van der Waals surface area contributed by atoms with E-state index in [1.165, 1.54) is 353 Å². The maximum atomic E-state index is 12.5.